The average molecular weight is 271 g/mol. The summed E-state index contributed by atoms with van der Waals surface area (Å²) in [5, 5.41) is 12.1. The molecule has 0 heterocycles. The summed E-state index contributed by atoms with van der Waals surface area (Å²) in [5.41, 5.74) is -0.824. The van der Waals surface area contributed by atoms with Crippen LogP contribution in [0.1, 0.15) is 60.3 Å². The summed E-state index contributed by atoms with van der Waals surface area (Å²) in [4.78, 5) is 23.2. The van der Waals surface area contributed by atoms with Gasteiger partial charge in [-0.25, -0.2) is 0 Å². The Labute approximate surface area is 117 Å². The minimum atomic E-state index is -0.825. The van der Waals surface area contributed by atoms with Gasteiger partial charge in [0.1, 0.15) is 0 Å². The van der Waals surface area contributed by atoms with Gasteiger partial charge in [0, 0.05) is 13.0 Å². The average Bonchev–Trinajstić information content (AvgIpc) is 2.37. The summed E-state index contributed by atoms with van der Waals surface area (Å²) in [6.07, 6.45) is 2.51. The quantitative estimate of drug-likeness (QED) is 0.677. The first-order valence-corrected chi connectivity index (χ1v) is 7.33. The van der Waals surface area contributed by atoms with Gasteiger partial charge >= 0.3 is 5.97 Å². The van der Waals surface area contributed by atoms with Gasteiger partial charge < -0.3 is 10.4 Å². The van der Waals surface area contributed by atoms with Crippen LogP contribution >= 0.6 is 0 Å². The van der Waals surface area contributed by atoms with Gasteiger partial charge in [0.25, 0.3) is 0 Å². The van der Waals surface area contributed by atoms with Crippen molar-refractivity contribution in [3.8, 4) is 0 Å². The van der Waals surface area contributed by atoms with Crippen molar-refractivity contribution in [1.29, 1.82) is 0 Å². The van der Waals surface area contributed by atoms with Crippen molar-refractivity contribution >= 4 is 11.9 Å². The van der Waals surface area contributed by atoms with E-state index < -0.39 is 11.4 Å². The molecule has 0 saturated carbocycles. The van der Waals surface area contributed by atoms with Gasteiger partial charge in [-0.05, 0) is 24.7 Å². The Morgan fingerprint density at radius 3 is 2.00 bits per heavy atom. The Hall–Kier alpha value is -1.06. The van der Waals surface area contributed by atoms with E-state index in [0.29, 0.717) is 31.1 Å². The largest absolute Gasteiger partial charge is 0.481 e. The molecule has 0 aromatic heterocycles. The zero-order valence-corrected chi connectivity index (χ0v) is 13.0. The number of carboxylic acid groups (broad SMARTS) is 1. The molecule has 0 rings (SSSR count). The van der Waals surface area contributed by atoms with Crippen molar-refractivity contribution in [3.63, 3.8) is 0 Å². The summed E-state index contributed by atoms with van der Waals surface area (Å²) in [5.74, 6) is -0.0263. The van der Waals surface area contributed by atoms with Crippen LogP contribution in [0.15, 0.2) is 0 Å². The molecule has 1 amide bonds. The van der Waals surface area contributed by atoms with E-state index in [4.69, 9.17) is 0 Å². The highest BCUT2D eigenvalue weighted by Gasteiger charge is 2.35. The Bertz CT molecular complexity index is 296. The zero-order chi connectivity index (χ0) is 15.1. The molecule has 0 aromatic rings. The molecule has 0 aliphatic heterocycles. The van der Waals surface area contributed by atoms with Crippen LogP contribution in [-0.2, 0) is 9.59 Å². The third-order valence-corrected chi connectivity index (χ3v) is 4.35. The number of carboxylic acids is 1. The molecule has 0 bridgehead atoms. The number of carbonyl (C=O) groups excluding carboxylic acids is 1. The van der Waals surface area contributed by atoms with Crippen LogP contribution < -0.4 is 5.32 Å². The molecule has 0 spiro atoms. The third kappa shape index (κ3) is 5.21. The maximum absolute atomic E-state index is 11.9. The monoisotopic (exact) mass is 271 g/mol. The van der Waals surface area contributed by atoms with Crippen molar-refractivity contribution in [2.24, 2.45) is 17.3 Å². The normalized spacial score (nSPS) is 13.4. The molecule has 4 nitrogen and oxygen atoms in total. The molecule has 1 unspecified atom stereocenters. The molecule has 0 radical (unpaired) electrons. The lowest BCUT2D eigenvalue weighted by Crippen LogP contribution is -2.42. The lowest BCUT2D eigenvalue weighted by atomic mass is 9.82. The molecule has 0 fully saturated rings. The number of hydrogen-bond acceptors (Lipinski definition) is 2. The van der Waals surface area contributed by atoms with Crippen LogP contribution in [0.5, 0.6) is 0 Å². The van der Waals surface area contributed by atoms with Crippen LogP contribution in [0.25, 0.3) is 0 Å². The predicted octanol–water partition coefficient (Wildman–Crippen LogP) is 3.07. The van der Waals surface area contributed by atoms with Crippen LogP contribution in [0, 0.1) is 17.3 Å². The zero-order valence-electron chi connectivity index (χ0n) is 13.0. The van der Waals surface area contributed by atoms with Crippen molar-refractivity contribution in [2.45, 2.75) is 60.3 Å². The maximum Gasteiger partial charge on any atom is 0.311 e. The lowest BCUT2D eigenvalue weighted by molar-refractivity contribution is -0.149. The van der Waals surface area contributed by atoms with Crippen LogP contribution in [0.4, 0.5) is 0 Å². The summed E-state index contributed by atoms with van der Waals surface area (Å²) in [7, 11) is 0. The van der Waals surface area contributed by atoms with E-state index in [2.05, 4.69) is 26.1 Å². The molecule has 0 aliphatic carbocycles. The second-order valence-electron chi connectivity index (χ2n) is 5.69. The second kappa shape index (κ2) is 8.18. The van der Waals surface area contributed by atoms with Crippen molar-refractivity contribution in [3.05, 3.63) is 0 Å². The Morgan fingerprint density at radius 2 is 1.68 bits per heavy atom. The number of aliphatic carboxylic acids is 1. The lowest BCUT2D eigenvalue weighted by Gasteiger charge is -2.27. The molecule has 112 valence electrons. The van der Waals surface area contributed by atoms with E-state index in [0.717, 1.165) is 6.42 Å². The molecule has 0 aromatic carbocycles. The van der Waals surface area contributed by atoms with Gasteiger partial charge in [-0.1, -0.05) is 41.0 Å². The van der Waals surface area contributed by atoms with Crippen molar-refractivity contribution < 1.29 is 14.7 Å². The van der Waals surface area contributed by atoms with Gasteiger partial charge in [-0.3, -0.25) is 9.59 Å². The molecule has 2 N–H and O–H groups in total. The van der Waals surface area contributed by atoms with Crippen LogP contribution in [0.3, 0.4) is 0 Å². The summed E-state index contributed by atoms with van der Waals surface area (Å²) < 4.78 is 0. The van der Waals surface area contributed by atoms with E-state index in [-0.39, 0.29) is 12.5 Å². The minimum absolute atomic E-state index is 0.0342. The van der Waals surface area contributed by atoms with E-state index in [1.807, 2.05) is 13.8 Å². The molecule has 1 atom stereocenters. The number of amides is 1. The van der Waals surface area contributed by atoms with Gasteiger partial charge in [-0.2, -0.15) is 0 Å². The molecule has 0 aliphatic rings. The Morgan fingerprint density at radius 1 is 1.16 bits per heavy atom. The fraction of sp³-hybridized carbons (Fsp3) is 0.867. The van der Waals surface area contributed by atoms with Crippen molar-refractivity contribution in [1.82, 2.24) is 5.32 Å². The van der Waals surface area contributed by atoms with Gasteiger partial charge in [0.05, 0.1) is 5.41 Å². The van der Waals surface area contributed by atoms with Crippen LogP contribution in [0.2, 0.25) is 0 Å². The predicted molar refractivity (Wildman–Crippen MR) is 76.9 cm³/mol. The third-order valence-electron chi connectivity index (χ3n) is 4.35. The second-order valence-corrected chi connectivity index (χ2v) is 5.69. The smallest absolute Gasteiger partial charge is 0.311 e. The minimum Gasteiger partial charge on any atom is -0.481 e. The Balaban J connectivity index is 4.46. The number of rotatable bonds is 9. The van der Waals surface area contributed by atoms with Crippen LogP contribution in [-0.4, -0.2) is 23.5 Å². The van der Waals surface area contributed by atoms with E-state index >= 15 is 0 Å². The molecule has 0 saturated heterocycles. The first-order chi connectivity index (χ1) is 8.82. The highest BCUT2D eigenvalue weighted by Crippen LogP contribution is 2.26. The highest BCUT2D eigenvalue weighted by molar-refractivity contribution is 5.79. The van der Waals surface area contributed by atoms with Gasteiger partial charge in [0.2, 0.25) is 5.91 Å². The maximum atomic E-state index is 11.9. The van der Waals surface area contributed by atoms with Crippen molar-refractivity contribution in [2.75, 3.05) is 6.54 Å². The summed E-state index contributed by atoms with van der Waals surface area (Å²) >= 11 is 0. The fourth-order valence-corrected chi connectivity index (χ4v) is 2.31. The SMILES string of the molecule is CCC(CC(=O)NCC(CC)(CC)C(=O)O)C(C)C. The van der Waals surface area contributed by atoms with Gasteiger partial charge in [-0.15, -0.1) is 0 Å². The summed E-state index contributed by atoms with van der Waals surface area (Å²) in [6.45, 7) is 10.2. The topological polar surface area (TPSA) is 66.4 Å². The van der Waals surface area contributed by atoms with Gasteiger partial charge in [0.15, 0.2) is 0 Å². The number of hydrogen-bond donors (Lipinski definition) is 2. The van der Waals surface area contributed by atoms with E-state index in [9.17, 15) is 14.7 Å². The number of nitrogens with one attached hydrogen (secondary N) is 1. The summed E-state index contributed by atoms with van der Waals surface area (Å²) in [6, 6.07) is 0. The Kier molecular flexibility index (Phi) is 7.72. The van der Waals surface area contributed by atoms with E-state index in [1.54, 1.807) is 0 Å². The molecular formula is C15H29NO3. The molecule has 19 heavy (non-hydrogen) atoms. The first kappa shape index (κ1) is 17.9. The van der Waals surface area contributed by atoms with E-state index in [1.165, 1.54) is 0 Å². The molecule has 4 heteroatoms. The first-order valence-electron chi connectivity index (χ1n) is 7.33. The fourth-order valence-electron chi connectivity index (χ4n) is 2.31. The number of carbonyl (C=O) groups is 2. The molecular weight excluding hydrogens is 242 g/mol. The highest BCUT2D eigenvalue weighted by atomic mass is 16.4. The standard InChI is InChI=1S/C15H29NO3/c1-6-12(11(4)5)9-13(17)16-10-15(7-2,8-3)14(18)19/h11-12H,6-10H2,1-5H3,(H,16,17)(H,18,19).